The van der Waals surface area contributed by atoms with Crippen LogP contribution >= 0.6 is 0 Å². The zero-order valence-corrected chi connectivity index (χ0v) is 10.1. The van der Waals surface area contributed by atoms with E-state index in [-0.39, 0.29) is 6.10 Å². The molecule has 0 aliphatic carbocycles. The maximum absolute atomic E-state index is 5.76. The lowest BCUT2D eigenvalue weighted by molar-refractivity contribution is 0.241. The minimum absolute atomic E-state index is 0.146. The van der Waals surface area contributed by atoms with Gasteiger partial charge < -0.3 is 10.5 Å². The fraction of sp³-hybridized carbons (Fsp3) is 0.214. The van der Waals surface area contributed by atoms with Crippen molar-refractivity contribution in [3.8, 4) is 16.9 Å². The van der Waals surface area contributed by atoms with Crippen LogP contribution in [0.15, 0.2) is 42.7 Å². The predicted molar refractivity (Wildman–Crippen MR) is 69.8 cm³/mol. The van der Waals surface area contributed by atoms with Gasteiger partial charge in [0.05, 0.1) is 12.3 Å². The van der Waals surface area contributed by atoms with Gasteiger partial charge in [-0.2, -0.15) is 0 Å². The van der Waals surface area contributed by atoms with Gasteiger partial charge in [0.2, 0.25) is 0 Å². The molecule has 1 heterocycles. The van der Waals surface area contributed by atoms with Crippen LogP contribution in [0.1, 0.15) is 13.8 Å². The average molecular weight is 228 g/mol. The minimum Gasteiger partial charge on any atom is -0.489 e. The van der Waals surface area contributed by atoms with Gasteiger partial charge in [0.25, 0.3) is 0 Å². The van der Waals surface area contributed by atoms with Crippen molar-refractivity contribution in [2.75, 3.05) is 5.73 Å². The highest BCUT2D eigenvalue weighted by atomic mass is 16.5. The Morgan fingerprint density at radius 1 is 1.12 bits per heavy atom. The van der Waals surface area contributed by atoms with Crippen LogP contribution in [0.3, 0.4) is 0 Å². The first-order valence-electron chi connectivity index (χ1n) is 5.63. The normalized spacial score (nSPS) is 10.5. The molecule has 0 radical (unpaired) electrons. The zero-order chi connectivity index (χ0) is 12.3. The second-order valence-electron chi connectivity index (χ2n) is 4.20. The molecule has 2 N–H and O–H groups in total. The molecule has 0 spiro atoms. The number of hydrogen-bond donors (Lipinski definition) is 1. The van der Waals surface area contributed by atoms with Crippen molar-refractivity contribution in [1.82, 2.24) is 4.98 Å². The number of nitrogen functional groups attached to an aromatic ring is 1. The molecule has 1 aromatic heterocycles. The second-order valence-corrected chi connectivity index (χ2v) is 4.20. The monoisotopic (exact) mass is 228 g/mol. The number of ether oxygens (including phenoxy) is 1. The van der Waals surface area contributed by atoms with Gasteiger partial charge in [-0.1, -0.05) is 12.1 Å². The Kier molecular flexibility index (Phi) is 3.28. The summed E-state index contributed by atoms with van der Waals surface area (Å²) in [6.07, 6.45) is 3.67. The van der Waals surface area contributed by atoms with Gasteiger partial charge in [-0.25, -0.2) is 0 Å². The molecule has 1 aromatic carbocycles. The van der Waals surface area contributed by atoms with E-state index >= 15 is 0 Å². The maximum Gasteiger partial charge on any atom is 0.138 e. The van der Waals surface area contributed by atoms with Crippen molar-refractivity contribution in [2.24, 2.45) is 0 Å². The molecule has 0 aliphatic heterocycles. The lowest BCUT2D eigenvalue weighted by Gasteiger charge is -2.10. The molecule has 0 atom stereocenters. The summed E-state index contributed by atoms with van der Waals surface area (Å²) < 4.78 is 5.61. The Morgan fingerprint density at radius 3 is 2.65 bits per heavy atom. The summed E-state index contributed by atoms with van der Waals surface area (Å²) in [5.74, 6) is 0.778. The fourth-order valence-corrected chi connectivity index (χ4v) is 1.63. The molecule has 0 aliphatic rings. The van der Waals surface area contributed by atoms with E-state index in [0.29, 0.717) is 0 Å². The summed E-state index contributed by atoms with van der Waals surface area (Å²) in [5, 5.41) is 0. The predicted octanol–water partition coefficient (Wildman–Crippen LogP) is 3.12. The Hall–Kier alpha value is -2.03. The number of nitrogens with two attached hydrogens (primary N) is 1. The highest BCUT2D eigenvalue weighted by Gasteiger charge is 2.02. The number of nitrogens with zero attached hydrogens (tertiary/aromatic N) is 1. The summed E-state index contributed by atoms with van der Waals surface area (Å²) >= 11 is 0. The molecule has 3 nitrogen and oxygen atoms in total. The Bertz CT molecular complexity index is 509. The van der Waals surface area contributed by atoms with E-state index in [2.05, 4.69) is 4.98 Å². The van der Waals surface area contributed by atoms with Crippen molar-refractivity contribution in [2.45, 2.75) is 20.0 Å². The van der Waals surface area contributed by atoms with Crippen molar-refractivity contribution in [1.29, 1.82) is 0 Å². The van der Waals surface area contributed by atoms with E-state index < -0.39 is 0 Å². The zero-order valence-electron chi connectivity index (χ0n) is 10.1. The van der Waals surface area contributed by atoms with Gasteiger partial charge in [0.1, 0.15) is 5.75 Å². The standard InChI is InChI=1S/C14H16N2O/c1-10(2)17-14-7-12(8-16-9-14)11-4-3-5-13(15)6-11/h3-10H,15H2,1-2H3. The Labute approximate surface area is 101 Å². The minimum atomic E-state index is 0.146. The Balaban J connectivity index is 2.33. The maximum atomic E-state index is 5.76. The fourth-order valence-electron chi connectivity index (χ4n) is 1.63. The van der Waals surface area contributed by atoms with E-state index in [4.69, 9.17) is 10.5 Å². The number of rotatable bonds is 3. The molecular formula is C14H16N2O. The highest BCUT2D eigenvalue weighted by molar-refractivity contribution is 5.67. The van der Waals surface area contributed by atoms with Crippen LogP contribution < -0.4 is 10.5 Å². The molecule has 0 bridgehead atoms. The van der Waals surface area contributed by atoms with E-state index in [1.54, 1.807) is 6.20 Å². The molecule has 0 fully saturated rings. The topological polar surface area (TPSA) is 48.1 Å². The summed E-state index contributed by atoms with van der Waals surface area (Å²) in [4.78, 5) is 4.18. The van der Waals surface area contributed by atoms with Crippen LogP contribution in [0.4, 0.5) is 5.69 Å². The van der Waals surface area contributed by atoms with Gasteiger partial charge in [0.15, 0.2) is 0 Å². The molecule has 2 aromatic rings. The van der Waals surface area contributed by atoms with Crippen molar-refractivity contribution in [3.63, 3.8) is 0 Å². The van der Waals surface area contributed by atoms with Gasteiger partial charge in [-0.3, -0.25) is 4.98 Å². The van der Waals surface area contributed by atoms with E-state index in [0.717, 1.165) is 22.6 Å². The van der Waals surface area contributed by atoms with Crippen LogP contribution in [0.2, 0.25) is 0 Å². The second kappa shape index (κ2) is 4.87. The van der Waals surface area contributed by atoms with Gasteiger partial charge >= 0.3 is 0 Å². The molecular weight excluding hydrogens is 212 g/mol. The first-order chi connectivity index (χ1) is 8.15. The van der Waals surface area contributed by atoms with Gasteiger partial charge in [-0.15, -0.1) is 0 Å². The van der Waals surface area contributed by atoms with E-state index in [1.807, 2.05) is 50.4 Å². The number of hydrogen-bond acceptors (Lipinski definition) is 3. The number of anilines is 1. The van der Waals surface area contributed by atoms with E-state index in [1.165, 1.54) is 0 Å². The number of pyridine rings is 1. The first-order valence-corrected chi connectivity index (χ1v) is 5.63. The number of aromatic nitrogens is 1. The molecule has 0 amide bonds. The Morgan fingerprint density at radius 2 is 1.94 bits per heavy atom. The van der Waals surface area contributed by atoms with Crippen LogP contribution in [-0.2, 0) is 0 Å². The smallest absolute Gasteiger partial charge is 0.138 e. The lowest BCUT2D eigenvalue weighted by Crippen LogP contribution is -2.05. The van der Waals surface area contributed by atoms with Crippen LogP contribution in [0.5, 0.6) is 5.75 Å². The summed E-state index contributed by atoms with van der Waals surface area (Å²) in [6.45, 7) is 3.99. The SMILES string of the molecule is CC(C)Oc1cncc(-c2cccc(N)c2)c1. The van der Waals surface area contributed by atoms with Crippen molar-refractivity contribution < 1.29 is 4.74 Å². The van der Waals surface area contributed by atoms with Gasteiger partial charge in [-0.05, 0) is 37.6 Å². The average Bonchev–Trinajstić information content (AvgIpc) is 2.28. The molecule has 0 saturated heterocycles. The van der Waals surface area contributed by atoms with Gasteiger partial charge in [0, 0.05) is 17.4 Å². The number of benzene rings is 1. The van der Waals surface area contributed by atoms with Crippen LogP contribution in [-0.4, -0.2) is 11.1 Å². The molecule has 2 rings (SSSR count). The van der Waals surface area contributed by atoms with Crippen LogP contribution in [0, 0.1) is 0 Å². The van der Waals surface area contributed by atoms with E-state index in [9.17, 15) is 0 Å². The lowest BCUT2D eigenvalue weighted by atomic mass is 10.1. The molecule has 17 heavy (non-hydrogen) atoms. The first kappa shape index (κ1) is 11.5. The van der Waals surface area contributed by atoms with Crippen LogP contribution in [0.25, 0.3) is 11.1 Å². The summed E-state index contributed by atoms with van der Waals surface area (Å²) in [6, 6.07) is 9.70. The molecule has 3 heteroatoms. The van der Waals surface area contributed by atoms with Crippen molar-refractivity contribution >= 4 is 5.69 Å². The largest absolute Gasteiger partial charge is 0.489 e. The highest BCUT2D eigenvalue weighted by Crippen LogP contribution is 2.24. The third kappa shape index (κ3) is 2.97. The molecule has 88 valence electrons. The third-order valence-electron chi connectivity index (χ3n) is 2.30. The third-order valence-corrected chi connectivity index (χ3v) is 2.30. The summed E-state index contributed by atoms with van der Waals surface area (Å²) in [5.41, 5.74) is 8.57. The summed E-state index contributed by atoms with van der Waals surface area (Å²) in [7, 11) is 0. The molecule has 0 unspecified atom stereocenters. The van der Waals surface area contributed by atoms with Crippen molar-refractivity contribution in [3.05, 3.63) is 42.7 Å². The molecule has 0 saturated carbocycles. The quantitative estimate of drug-likeness (QED) is 0.821.